The molecule has 3 aromatic carbocycles. The van der Waals surface area contributed by atoms with Crippen molar-refractivity contribution in [3.05, 3.63) is 92.6 Å². The normalized spacial score (nSPS) is 15.8. The second kappa shape index (κ2) is 8.21. The first-order chi connectivity index (χ1) is 15.1. The van der Waals surface area contributed by atoms with E-state index in [0.717, 1.165) is 32.5 Å². The van der Waals surface area contributed by atoms with Crippen LogP contribution < -0.4 is 14.2 Å². The highest BCUT2D eigenvalue weighted by molar-refractivity contribution is 9.10. The Bertz CT molecular complexity index is 1210. The first-order valence-corrected chi connectivity index (χ1v) is 10.7. The number of fused-ring (bicyclic) bond motifs is 2. The molecule has 0 N–H and O–H groups in total. The van der Waals surface area contributed by atoms with Crippen LogP contribution in [0.15, 0.2) is 64.8 Å². The van der Waals surface area contributed by atoms with Crippen molar-refractivity contribution in [2.75, 3.05) is 6.79 Å². The smallest absolute Gasteiger partial charge is 0.231 e. The summed E-state index contributed by atoms with van der Waals surface area (Å²) in [5.74, 6) is 2.10. The lowest BCUT2D eigenvalue weighted by Crippen LogP contribution is -2.14. The van der Waals surface area contributed by atoms with Gasteiger partial charge in [-0.25, -0.2) is 0 Å². The molecule has 0 saturated heterocycles. The lowest BCUT2D eigenvalue weighted by atomic mass is 10.1. The van der Waals surface area contributed by atoms with E-state index in [2.05, 4.69) is 15.9 Å². The zero-order chi connectivity index (χ0) is 21.4. The van der Waals surface area contributed by atoms with E-state index >= 15 is 0 Å². The van der Waals surface area contributed by atoms with Crippen molar-refractivity contribution < 1.29 is 23.7 Å². The summed E-state index contributed by atoms with van der Waals surface area (Å²) >= 11 is 3.52. The fourth-order valence-electron chi connectivity index (χ4n) is 3.67. The Labute approximate surface area is 188 Å². The van der Waals surface area contributed by atoms with E-state index in [-0.39, 0.29) is 12.6 Å². The van der Waals surface area contributed by atoms with Crippen LogP contribution in [0.25, 0.3) is 6.08 Å². The summed E-state index contributed by atoms with van der Waals surface area (Å²) in [6.07, 6.45) is 1.78. The quantitative estimate of drug-likeness (QED) is 0.442. The number of carbonyl (C=O) groups excluding carboxylic acids is 1. The molecular weight excluding hydrogens is 460 g/mol. The number of hydrogen-bond acceptors (Lipinski definition) is 5. The Hall–Kier alpha value is -3.09. The van der Waals surface area contributed by atoms with Crippen molar-refractivity contribution in [2.24, 2.45) is 0 Å². The standard InChI is InChI=1S/C25H19BrO5/c1-15-4-2-3-5-16(15)10-23-24(27)21-7-6-20(11-22(21)31-23)29-13-18-9-19(26)8-17-12-28-14-30-25(17)18/h2-11H,12-14H2,1H3/b23-10-. The lowest BCUT2D eigenvalue weighted by molar-refractivity contribution is -0.0176. The molecule has 3 aromatic rings. The molecular formula is C25H19BrO5. The number of ether oxygens (including phenoxy) is 4. The second-order valence-electron chi connectivity index (χ2n) is 7.41. The predicted molar refractivity (Wildman–Crippen MR) is 119 cm³/mol. The maximum atomic E-state index is 12.7. The van der Waals surface area contributed by atoms with Crippen LogP contribution in [0.3, 0.4) is 0 Å². The number of allylic oxidation sites excluding steroid dienone is 1. The fourth-order valence-corrected chi connectivity index (χ4v) is 4.22. The van der Waals surface area contributed by atoms with E-state index in [0.29, 0.717) is 36.0 Å². The Morgan fingerprint density at radius 2 is 2.00 bits per heavy atom. The van der Waals surface area contributed by atoms with Crippen LogP contribution in [-0.4, -0.2) is 12.6 Å². The monoisotopic (exact) mass is 478 g/mol. The third kappa shape index (κ3) is 3.96. The van der Waals surface area contributed by atoms with E-state index in [9.17, 15) is 4.79 Å². The van der Waals surface area contributed by atoms with Crippen LogP contribution >= 0.6 is 15.9 Å². The molecule has 5 rings (SSSR count). The number of rotatable bonds is 4. The summed E-state index contributed by atoms with van der Waals surface area (Å²) in [4.78, 5) is 12.7. The Morgan fingerprint density at radius 1 is 1.13 bits per heavy atom. The zero-order valence-electron chi connectivity index (χ0n) is 16.8. The van der Waals surface area contributed by atoms with Crippen molar-refractivity contribution in [1.82, 2.24) is 0 Å². The van der Waals surface area contributed by atoms with Crippen molar-refractivity contribution in [3.8, 4) is 17.2 Å². The average molecular weight is 479 g/mol. The molecule has 2 aliphatic heterocycles. The van der Waals surface area contributed by atoms with Gasteiger partial charge in [-0.1, -0.05) is 40.2 Å². The van der Waals surface area contributed by atoms with E-state index in [1.807, 2.05) is 43.3 Å². The molecule has 0 bridgehead atoms. The molecule has 31 heavy (non-hydrogen) atoms. The third-order valence-electron chi connectivity index (χ3n) is 5.26. The summed E-state index contributed by atoms with van der Waals surface area (Å²) in [5, 5.41) is 0. The molecule has 0 fully saturated rings. The van der Waals surface area contributed by atoms with Crippen LogP contribution in [0, 0.1) is 6.92 Å². The molecule has 156 valence electrons. The van der Waals surface area contributed by atoms with Gasteiger partial charge in [-0.3, -0.25) is 4.79 Å². The number of aryl methyl sites for hydroxylation is 1. The van der Waals surface area contributed by atoms with Crippen LogP contribution in [-0.2, 0) is 18.0 Å². The van der Waals surface area contributed by atoms with Crippen molar-refractivity contribution in [2.45, 2.75) is 20.1 Å². The maximum Gasteiger partial charge on any atom is 0.231 e. The highest BCUT2D eigenvalue weighted by Crippen LogP contribution is 2.36. The number of Topliss-reactive ketones (excluding diaryl/α,β-unsaturated/α-hetero) is 1. The molecule has 0 atom stereocenters. The first-order valence-electron chi connectivity index (χ1n) is 9.87. The number of carbonyl (C=O) groups is 1. The molecule has 5 nitrogen and oxygen atoms in total. The predicted octanol–water partition coefficient (Wildman–Crippen LogP) is 5.82. The van der Waals surface area contributed by atoms with Crippen LogP contribution in [0.2, 0.25) is 0 Å². The van der Waals surface area contributed by atoms with Gasteiger partial charge in [0, 0.05) is 21.7 Å². The molecule has 0 radical (unpaired) electrons. The number of hydrogen-bond donors (Lipinski definition) is 0. The zero-order valence-corrected chi connectivity index (χ0v) is 18.4. The van der Waals surface area contributed by atoms with E-state index in [4.69, 9.17) is 18.9 Å². The minimum Gasteiger partial charge on any atom is -0.489 e. The van der Waals surface area contributed by atoms with Crippen molar-refractivity contribution in [1.29, 1.82) is 0 Å². The molecule has 2 aliphatic rings. The van der Waals surface area contributed by atoms with E-state index in [1.165, 1.54) is 0 Å². The summed E-state index contributed by atoms with van der Waals surface area (Å²) in [6.45, 7) is 3.06. The summed E-state index contributed by atoms with van der Waals surface area (Å²) in [6, 6.07) is 17.1. The van der Waals surface area contributed by atoms with Crippen LogP contribution in [0.5, 0.6) is 17.2 Å². The largest absolute Gasteiger partial charge is 0.489 e. The highest BCUT2D eigenvalue weighted by Gasteiger charge is 2.28. The van der Waals surface area contributed by atoms with Crippen molar-refractivity contribution in [3.63, 3.8) is 0 Å². The van der Waals surface area contributed by atoms with E-state index in [1.54, 1.807) is 24.3 Å². The van der Waals surface area contributed by atoms with Gasteiger partial charge in [-0.2, -0.15) is 0 Å². The molecule has 0 aliphatic carbocycles. The second-order valence-corrected chi connectivity index (χ2v) is 8.32. The molecule has 0 unspecified atom stereocenters. The number of benzene rings is 3. The first kappa shape index (κ1) is 19.8. The Kier molecular flexibility index (Phi) is 5.26. The fraction of sp³-hybridized carbons (Fsp3) is 0.160. The van der Waals surface area contributed by atoms with Crippen LogP contribution in [0.4, 0.5) is 0 Å². The van der Waals surface area contributed by atoms with Gasteiger partial charge in [0.15, 0.2) is 12.6 Å². The van der Waals surface area contributed by atoms with Gasteiger partial charge < -0.3 is 18.9 Å². The van der Waals surface area contributed by atoms with Gasteiger partial charge in [-0.05, 0) is 48.4 Å². The van der Waals surface area contributed by atoms with Crippen molar-refractivity contribution >= 4 is 27.8 Å². The van der Waals surface area contributed by atoms with Gasteiger partial charge in [-0.15, -0.1) is 0 Å². The van der Waals surface area contributed by atoms with Gasteiger partial charge >= 0.3 is 0 Å². The highest BCUT2D eigenvalue weighted by atomic mass is 79.9. The number of ketones is 1. The molecule has 0 amide bonds. The van der Waals surface area contributed by atoms with Gasteiger partial charge in [0.1, 0.15) is 23.9 Å². The number of halogens is 1. The Morgan fingerprint density at radius 3 is 2.87 bits per heavy atom. The molecule has 6 heteroatoms. The molecule has 0 saturated carbocycles. The minimum atomic E-state index is -0.126. The summed E-state index contributed by atoms with van der Waals surface area (Å²) in [5.41, 5.74) is 4.47. The van der Waals surface area contributed by atoms with Gasteiger partial charge in [0.05, 0.1) is 12.2 Å². The third-order valence-corrected chi connectivity index (χ3v) is 5.72. The van der Waals surface area contributed by atoms with Crippen LogP contribution in [0.1, 0.15) is 32.6 Å². The minimum absolute atomic E-state index is 0.126. The summed E-state index contributed by atoms with van der Waals surface area (Å²) in [7, 11) is 0. The lowest BCUT2D eigenvalue weighted by Gasteiger charge is -2.21. The molecule has 0 spiro atoms. The van der Waals surface area contributed by atoms with Gasteiger partial charge in [0.2, 0.25) is 5.78 Å². The summed E-state index contributed by atoms with van der Waals surface area (Å²) < 4.78 is 23.8. The van der Waals surface area contributed by atoms with E-state index < -0.39 is 0 Å². The SMILES string of the molecule is Cc1ccccc1/C=C1\Oc2cc(OCc3cc(Br)cc4c3OCOC4)ccc2C1=O. The molecule has 0 aromatic heterocycles. The maximum absolute atomic E-state index is 12.7. The molecule has 2 heterocycles. The topological polar surface area (TPSA) is 54.0 Å². The Balaban J connectivity index is 1.36. The van der Waals surface area contributed by atoms with Gasteiger partial charge in [0.25, 0.3) is 0 Å². The average Bonchev–Trinajstić information content (AvgIpc) is 3.08.